The molecule has 0 heterocycles. The first-order valence-corrected chi connectivity index (χ1v) is 6.12. The van der Waals surface area contributed by atoms with E-state index >= 15 is 0 Å². The van der Waals surface area contributed by atoms with Gasteiger partial charge in [-0.05, 0) is 31.0 Å². The first-order valence-electron chi connectivity index (χ1n) is 6.12. The Morgan fingerprint density at radius 3 is 2.61 bits per heavy atom. The van der Waals surface area contributed by atoms with Crippen LogP contribution in [0.25, 0.3) is 0 Å². The second-order valence-corrected chi connectivity index (χ2v) is 3.97. The van der Waals surface area contributed by atoms with Gasteiger partial charge in [0.25, 0.3) is 0 Å². The zero-order valence-electron chi connectivity index (χ0n) is 10.7. The van der Waals surface area contributed by atoms with Gasteiger partial charge in [0.2, 0.25) is 5.91 Å². The highest BCUT2D eigenvalue weighted by Crippen LogP contribution is 2.13. The van der Waals surface area contributed by atoms with Crippen LogP contribution in [0.15, 0.2) is 24.3 Å². The molecule has 1 amide bonds. The molecule has 0 aliphatic heterocycles. The van der Waals surface area contributed by atoms with E-state index in [1.54, 1.807) is 0 Å². The van der Waals surface area contributed by atoms with E-state index in [0.717, 1.165) is 11.3 Å². The number of benzene rings is 1. The van der Waals surface area contributed by atoms with E-state index in [4.69, 9.17) is 16.2 Å². The van der Waals surface area contributed by atoms with Crippen molar-refractivity contribution in [1.29, 1.82) is 0 Å². The molecule has 1 aromatic carbocycles. The van der Waals surface area contributed by atoms with Crippen LogP contribution < -0.4 is 21.5 Å². The van der Waals surface area contributed by atoms with E-state index in [9.17, 15) is 4.79 Å². The van der Waals surface area contributed by atoms with Crippen molar-refractivity contribution in [2.24, 2.45) is 11.5 Å². The van der Waals surface area contributed by atoms with Gasteiger partial charge in [-0.15, -0.1) is 0 Å². The molecule has 1 rings (SSSR count). The lowest BCUT2D eigenvalue weighted by Crippen LogP contribution is -2.43. The number of carbonyl (C=O) groups is 1. The maximum absolute atomic E-state index is 11.6. The van der Waals surface area contributed by atoms with Gasteiger partial charge >= 0.3 is 0 Å². The second kappa shape index (κ2) is 7.68. The summed E-state index contributed by atoms with van der Waals surface area (Å²) in [5.41, 5.74) is 12.1. The van der Waals surface area contributed by atoms with Crippen molar-refractivity contribution in [3.63, 3.8) is 0 Å². The summed E-state index contributed by atoms with van der Waals surface area (Å²) >= 11 is 0. The third kappa shape index (κ3) is 4.73. The molecule has 100 valence electrons. The Morgan fingerprint density at radius 1 is 1.39 bits per heavy atom. The minimum Gasteiger partial charge on any atom is -0.494 e. The molecule has 0 aliphatic rings. The maximum atomic E-state index is 11.6. The van der Waals surface area contributed by atoms with Crippen LogP contribution in [0.5, 0.6) is 5.75 Å². The van der Waals surface area contributed by atoms with Crippen LogP contribution in [0.4, 0.5) is 0 Å². The first-order chi connectivity index (χ1) is 8.67. The largest absolute Gasteiger partial charge is 0.494 e. The van der Waals surface area contributed by atoms with E-state index in [1.165, 1.54) is 0 Å². The molecule has 18 heavy (non-hydrogen) atoms. The highest BCUT2D eigenvalue weighted by atomic mass is 16.5. The normalized spacial score (nSPS) is 11.9. The summed E-state index contributed by atoms with van der Waals surface area (Å²) in [4.78, 5) is 11.6. The fourth-order valence-electron chi connectivity index (χ4n) is 1.56. The number of carbonyl (C=O) groups excluding carboxylic acids is 1. The van der Waals surface area contributed by atoms with Crippen LogP contribution in [0.1, 0.15) is 12.5 Å². The van der Waals surface area contributed by atoms with Crippen molar-refractivity contribution in [2.75, 3.05) is 19.7 Å². The molecule has 5 heteroatoms. The smallest absolute Gasteiger partial charge is 0.237 e. The predicted molar refractivity (Wildman–Crippen MR) is 71.4 cm³/mol. The second-order valence-electron chi connectivity index (χ2n) is 3.97. The van der Waals surface area contributed by atoms with E-state index in [1.807, 2.05) is 31.2 Å². The summed E-state index contributed by atoms with van der Waals surface area (Å²) < 4.78 is 5.34. The Hall–Kier alpha value is -1.59. The summed E-state index contributed by atoms with van der Waals surface area (Å²) in [5.74, 6) is 0.650. The van der Waals surface area contributed by atoms with E-state index < -0.39 is 6.04 Å². The van der Waals surface area contributed by atoms with Gasteiger partial charge in [-0.2, -0.15) is 0 Å². The van der Waals surface area contributed by atoms with E-state index in [2.05, 4.69) is 5.32 Å². The molecule has 1 aromatic rings. The standard InChI is InChI=1S/C13H21N3O2/c1-2-18-11-5-3-10(4-6-11)9-12(15)13(17)16-8-7-14/h3-6,12H,2,7-9,14-15H2,1H3,(H,16,17)/t12-/m0/s1. The van der Waals surface area contributed by atoms with Crippen LogP contribution in [-0.2, 0) is 11.2 Å². The number of nitrogens with two attached hydrogens (primary N) is 2. The molecule has 1 atom stereocenters. The lowest BCUT2D eigenvalue weighted by atomic mass is 10.1. The topological polar surface area (TPSA) is 90.4 Å². The third-order valence-corrected chi connectivity index (χ3v) is 2.47. The van der Waals surface area contributed by atoms with Crippen molar-refractivity contribution < 1.29 is 9.53 Å². The minimum atomic E-state index is -0.547. The molecule has 0 fully saturated rings. The molecular formula is C13H21N3O2. The molecule has 0 saturated carbocycles. The predicted octanol–water partition coefficient (Wildman–Crippen LogP) is 0.0300. The number of rotatable bonds is 7. The lowest BCUT2D eigenvalue weighted by Gasteiger charge is -2.12. The molecule has 5 N–H and O–H groups in total. The van der Waals surface area contributed by atoms with Crippen LogP contribution >= 0.6 is 0 Å². The van der Waals surface area contributed by atoms with Crippen LogP contribution in [0.3, 0.4) is 0 Å². The Balaban J connectivity index is 2.48. The van der Waals surface area contributed by atoms with Crippen LogP contribution in [-0.4, -0.2) is 31.6 Å². The number of ether oxygens (including phenoxy) is 1. The van der Waals surface area contributed by atoms with Crippen LogP contribution in [0.2, 0.25) is 0 Å². The van der Waals surface area contributed by atoms with Crippen molar-refractivity contribution in [2.45, 2.75) is 19.4 Å². The Morgan fingerprint density at radius 2 is 2.06 bits per heavy atom. The van der Waals surface area contributed by atoms with Crippen molar-refractivity contribution >= 4 is 5.91 Å². The van der Waals surface area contributed by atoms with Crippen LogP contribution in [0, 0.1) is 0 Å². The molecule has 0 spiro atoms. The van der Waals surface area contributed by atoms with Gasteiger partial charge in [-0.3, -0.25) is 4.79 Å². The molecule has 0 bridgehead atoms. The molecule has 0 aliphatic carbocycles. The quantitative estimate of drug-likeness (QED) is 0.637. The molecule has 0 saturated heterocycles. The summed E-state index contributed by atoms with van der Waals surface area (Å²) in [6.45, 7) is 3.45. The Kier molecular flexibility index (Phi) is 6.18. The zero-order valence-corrected chi connectivity index (χ0v) is 10.7. The molecule has 0 aromatic heterocycles. The highest BCUT2D eigenvalue weighted by molar-refractivity contribution is 5.81. The summed E-state index contributed by atoms with van der Waals surface area (Å²) in [6.07, 6.45) is 0.503. The average molecular weight is 251 g/mol. The maximum Gasteiger partial charge on any atom is 0.237 e. The van der Waals surface area contributed by atoms with Crippen molar-refractivity contribution in [1.82, 2.24) is 5.32 Å². The fraction of sp³-hybridized carbons (Fsp3) is 0.462. The Labute approximate surface area is 107 Å². The van der Waals surface area contributed by atoms with Gasteiger partial charge in [0.05, 0.1) is 12.6 Å². The van der Waals surface area contributed by atoms with Gasteiger partial charge in [0.1, 0.15) is 5.75 Å². The number of amides is 1. The third-order valence-electron chi connectivity index (χ3n) is 2.47. The van der Waals surface area contributed by atoms with Gasteiger partial charge in [0, 0.05) is 13.1 Å². The van der Waals surface area contributed by atoms with Gasteiger partial charge in [-0.1, -0.05) is 12.1 Å². The van der Waals surface area contributed by atoms with Gasteiger partial charge in [0.15, 0.2) is 0 Å². The average Bonchev–Trinajstić information content (AvgIpc) is 2.38. The summed E-state index contributed by atoms with van der Waals surface area (Å²) in [6, 6.07) is 7.05. The number of nitrogens with one attached hydrogen (secondary N) is 1. The zero-order chi connectivity index (χ0) is 13.4. The SMILES string of the molecule is CCOc1ccc(C[C@H](N)C(=O)NCCN)cc1. The van der Waals surface area contributed by atoms with E-state index in [-0.39, 0.29) is 5.91 Å². The Bertz CT molecular complexity index is 365. The number of hydrogen-bond donors (Lipinski definition) is 3. The highest BCUT2D eigenvalue weighted by Gasteiger charge is 2.13. The number of hydrogen-bond acceptors (Lipinski definition) is 4. The summed E-state index contributed by atoms with van der Waals surface area (Å²) in [7, 11) is 0. The van der Waals surface area contributed by atoms with Gasteiger partial charge < -0.3 is 21.5 Å². The molecular weight excluding hydrogens is 230 g/mol. The van der Waals surface area contributed by atoms with Gasteiger partial charge in [-0.25, -0.2) is 0 Å². The molecule has 5 nitrogen and oxygen atoms in total. The van der Waals surface area contributed by atoms with Crippen molar-refractivity contribution in [3.05, 3.63) is 29.8 Å². The lowest BCUT2D eigenvalue weighted by molar-refractivity contribution is -0.122. The van der Waals surface area contributed by atoms with E-state index in [0.29, 0.717) is 26.1 Å². The first kappa shape index (κ1) is 14.5. The monoisotopic (exact) mass is 251 g/mol. The minimum absolute atomic E-state index is 0.172. The summed E-state index contributed by atoms with van der Waals surface area (Å²) in [5, 5.41) is 2.67. The molecule has 0 radical (unpaired) electrons. The fourth-order valence-corrected chi connectivity index (χ4v) is 1.56. The van der Waals surface area contributed by atoms with Crippen molar-refractivity contribution in [3.8, 4) is 5.75 Å². The molecule has 0 unspecified atom stereocenters.